The Hall–Kier alpha value is -0.125. The summed E-state index contributed by atoms with van der Waals surface area (Å²) in [7, 11) is 5.95. The second kappa shape index (κ2) is 8.13. The third kappa shape index (κ3) is 4.52. The van der Waals surface area contributed by atoms with Crippen molar-refractivity contribution in [3.05, 3.63) is 12.3 Å². The summed E-state index contributed by atoms with van der Waals surface area (Å²) < 4.78 is 17.2. The molecule has 102 valence electrons. The fraction of sp³-hybridized carbons (Fsp3) is 0.846. The lowest BCUT2D eigenvalue weighted by molar-refractivity contribution is -0.0118. The molecular formula is C13H23BO3S. The van der Waals surface area contributed by atoms with E-state index in [-0.39, 0.29) is 18.3 Å². The Morgan fingerprint density at radius 3 is 2.67 bits per heavy atom. The van der Waals surface area contributed by atoms with Crippen LogP contribution in [0.3, 0.4) is 0 Å². The molecule has 4 atom stereocenters. The maximum atomic E-state index is 5.95. The van der Waals surface area contributed by atoms with E-state index in [4.69, 9.17) is 22.1 Å². The zero-order chi connectivity index (χ0) is 13.5. The highest BCUT2D eigenvalue weighted by Gasteiger charge is 2.43. The Kier molecular flexibility index (Phi) is 7.19. The normalized spacial score (nSPS) is 32.5. The van der Waals surface area contributed by atoms with Crippen molar-refractivity contribution in [3.8, 4) is 0 Å². The molecule has 0 N–H and O–H groups in total. The fourth-order valence-electron chi connectivity index (χ4n) is 1.88. The summed E-state index contributed by atoms with van der Waals surface area (Å²) in [6.45, 7) is 6.28. The van der Waals surface area contributed by atoms with E-state index in [1.807, 2.05) is 12.3 Å². The zero-order valence-electron chi connectivity index (χ0n) is 11.7. The van der Waals surface area contributed by atoms with Crippen LogP contribution < -0.4 is 0 Å². The molecule has 1 heterocycles. The van der Waals surface area contributed by atoms with E-state index in [0.29, 0.717) is 11.9 Å². The highest BCUT2D eigenvalue weighted by atomic mass is 32.2. The van der Waals surface area contributed by atoms with Gasteiger partial charge < -0.3 is 14.2 Å². The maximum Gasteiger partial charge on any atom is 0.152 e. The number of allylic oxidation sites excluding steroid dienone is 1. The van der Waals surface area contributed by atoms with Gasteiger partial charge in [0.25, 0.3) is 0 Å². The fourth-order valence-corrected chi connectivity index (χ4v) is 2.17. The standard InChI is InChI=1S/C13H23BO3S/c1-5-10-11(15-7-6-9(2)3)12(13(14)17-10)16-8-18-4/h6-7,9-13H,5,8H2,1-4H3. The van der Waals surface area contributed by atoms with Crippen LogP contribution in [0.1, 0.15) is 27.2 Å². The minimum absolute atomic E-state index is 0.00340. The van der Waals surface area contributed by atoms with E-state index < -0.39 is 6.00 Å². The lowest BCUT2D eigenvalue weighted by Crippen LogP contribution is -2.36. The van der Waals surface area contributed by atoms with Crippen LogP contribution in [0.5, 0.6) is 0 Å². The molecule has 18 heavy (non-hydrogen) atoms. The molecule has 1 aliphatic heterocycles. The number of rotatable bonds is 7. The van der Waals surface area contributed by atoms with Crippen LogP contribution in [0.4, 0.5) is 0 Å². The van der Waals surface area contributed by atoms with Crippen molar-refractivity contribution >= 4 is 19.6 Å². The molecule has 1 fully saturated rings. The first-order valence-electron chi connectivity index (χ1n) is 6.43. The first-order chi connectivity index (χ1) is 8.60. The predicted octanol–water partition coefficient (Wildman–Crippen LogP) is 2.55. The molecule has 1 aliphatic rings. The van der Waals surface area contributed by atoms with Crippen molar-refractivity contribution in [2.45, 2.75) is 51.5 Å². The molecule has 0 amide bonds. The van der Waals surface area contributed by atoms with Gasteiger partial charge in [0.1, 0.15) is 14.0 Å². The van der Waals surface area contributed by atoms with Gasteiger partial charge in [-0.15, -0.1) is 11.8 Å². The Balaban J connectivity index is 2.60. The van der Waals surface area contributed by atoms with Crippen molar-refractivity contribution < 1.29 is 14.2 Å². The molecule has 3 nitrogen and oxygen atoms in total. The number of ether oxygens (including phenoxy) is 3. The molecule has 1 saturated heterocycles. The first kappa shape index (κ1) is 15.9. The van der Waals surface area contributed by atoms with Gasteiger partial charge in [0.05, 0.1) is 18.3 Å². The van der Waals surface area contributed by atoms with E-state index in [9.17, 15) is 0 Å². The Labute approximate surface area is 116 Å². The topological polar surface area (TPSA) is 27.7 Å². The van der Waals surface area contributed by atoms with Crippen molar-refractivity contribution in [3.63, 3.8) is 0 Å². The van der Waals surface area contributed by atoms with Gasteiger partial charge in [-0.2, -0.15) is 0 Å². The zero-order valence-corrected chi connectivity index (χ0v) is 12.5. The lowest BCUT2D eigenvalue weighted by Gasteiger charge is -2.23. The van der Waals surface area contributed by atoms with Gasteiger partial charge in [0.2, 0.25) is 0 Å². The second-order valence-electron chi connectivity index (χ2n) is 4.76. The average molecular weight is 270 g/mol. The predicted molar refractivity (Wildman–Crippen MR) is 76.8 cm³/mol. The second-order valence-corrected chi connectivity index (χ2v) is 5.57. The van der Waals surface area contributed by atoms with Crippen molar-refractivity contribution in [1.29, 1.82) is 0 Å². The van der Waals surface area contributed by atoms with Crippen LogP contribution in [0.15, 0.2) is 12.3 Å². The van der Waals surface area contributed by atoms with Gasteiger partial charge in [-0.3, -0.25) is 0 Å². The Bertz CT molecular complexity index is 261. The third-order valence-electron chi connectivity index (χ3n) is 2.83. The van der Waals surface area contributed by atoms with E-state index in [0.717, 1.165) is 6.42 Å². The average Bonchev–Trinajstić information content (AvgIpc) is 2.62. The number of thioether (sulfide) groups is 1. The third-order valence-corrected chi connectivity index (χ3v) is 3.20. The molecule has 0 aromatic rings. The molecule has 1 rings (SSSR count). The number of hydrogen-bond acceptors (Lipinski definition) is 4. The SMILES string of the molecule is [B]C1OC(CC)C(OC=CC(C)C)C1OCSC. The van der Waals surface area contributed by atoms with Crippen LogP contribution in [0.25, 0.3) is 0 Å². The largest absolute Gasteiger partial charge is 0.493 e. The van der Waals surface area contributed by atoms with Crippen molar-refractivity contribution in [1.82, 2.24) is 0 Å². The highest BCUT2D eigenvalue weighted by Crippen LogP contribution is 2.27. The van der Waals surface area contributed by atoms with Gasteiger partial charge in [-0.1, -0.05) is 20.8 Å². The van der Waals surface area contributed by atoms with Gasteiger partial charge >= 0.3 is 0 Å². The first-order valence-corrected chi connectivity index (χ1v) is 7.83. The van der Waals surface area contributed by atoms with Gasteiger partial charge in [-0.05, 0) is 24.7 Å². The van der Waals surface area contributed by atoms with Gasteiger partial charge in [-0.25, -0.2) is 0 Å². The molecule has 0 aromatic heterocycles. The summed E-state index contributed by atoms with van der Waals surface area (Å²) in [6, 6.07) is -0.403. The van der Waals surface area contributed by atoms with Crippen molar-refractivity contribution in [2.75, 3.05) is 12.2 Å². The molecule has 2 radical (unpaired) electrons. The van der Waals surface area contributed by atoms with E-state index in [1.54, 1.807) is 18.0 Å². The minimum atomic E-state index is -0.403. The quantitative estimate of drug-likeness (QED) is 0.403. The van der Waals surface area contributed by atoms with Crippen LogP contribution >= 0.6 is 11.8 Å². The van der Waals surface area contributed by atoms with E-state index >= 15 is 0 Å². The summed E-state index contributed by atoms with van der Waals surface area (Å²) in [5.74, 6) is 1.07. The summed E-state index contributed by atoms with van der Waals surface area (Å²) in [5.41, 5.74) is 0. The monoisotopic (exact) mass is 270 g/mol. The van der Waals surface area contributed by atoms with E-state index in [1.165, 1.54) is 0 Å². The minimum Gasteiger partial charge on any atom is -0.493 e. The maximum absolute atomic E-state index is 5.95. The van der Waals surface area contributed by atoms with Crippen LogP contribution in [-0.2, 0) is 14.2 Å². The lowest BCUT2D eigenvalue weighted by atomic mass is 9.92. The Morgan fingerprint density at radius 2 is 2.11 bits per heavy atom. The summed E-state index contributed by atoms with van der Waals surface area (Å²) >= 11 is 1.62. The van der Waals surface area contributed by atoms with Crippen LogP contribution in [0.2, 0.25) is 0 Å². The Morgan fingerprint density at radius 1 is 1.39 bits per heavy atom. The molecule has 0 aliphatic carbocycles. The van der Waals surface area contributed by atoms with Crippen molar-refractivity contribution in [2.24, 2.45) is 5.92 Å². The van der Waals surface area contributed by atoms with Crippen LogP contribution in [-0.4, -0.2) is 44.4 Å². The molecule has 0 bridgehead atoms. The molecule has 0 aromatic carbocycles. The number of hydrogen-bond donors (Lipinski definition) is 0. The summed E-state index contributed by atoms with van der Waals surface area (Å²) in [6.07, 6.45) is 6.31. The summed E-state index contributed by atoms with van der Waals surface area (Å²) in [4.78, 5) is 0. The van der Waals surface area contributed by atoms with Gasteiger partial charge in [0, 0.05) is 6.00 Å². The molecule has 0 spiro atoms. The smallest absolute Gasteiger partial charge is 0.152 e. The highest BCUT2D eigenvalue weighted by molar-refractivity contribution is 7.98. The molecule has 5 heteroatoms. The van der Waals surface area contributed by atoms with E-state index in [2.05, 4.69) is 20.8 Å². The molecule has 0 saturated carbocycles. The van der Waals surface area contributed by atoms with Gasteiger partial charge in [0.15, 0.2) is 6.10 Å². The molecule has 4 unspecified atom stereocenters. The molecular weight excluding hydrogens is 247 g/mol. The van der Waals surface area contributed by atoms with Crippen LogP contribution in [0, 0.1) is 5.92 Å². The summed E-state index contributed by atoms with van der Waals surface area (Å²) in [5, 5.41) is 0.